The Kier molecular flexibility index (Phi) is 11.2. The molecule has 1 unspecified atom stereocenters. The molecule has 0 radical (unpaired) electrons. The predicted molar refractivity (Wildman–Crippen MR) is 219 cm³/mol. The molecule has 3 amide bonds. The van der Waals surface area contributed by atoms with Crippen LogP contribution in [0.1, 0.15) is 26.7 Å². The molecule has 0 aliphatic carbocycles. The van der Waals surface area contributed by atoms with Crippen LogP contribution in [0.25, 0.3) is 28.1 Å². The van der Waals surface area contributed by atoms with Crippen LogP contribution in [0, 0.1) is 10.1 Å². The lowest BCUT2D eigenvalue weighted by atomic mass is 10.1. The topological polar surface area (TPSA) is 143 Å². The minimum atomic E-state index is -0.701. The molecule has 0 saturated carbocycles. The molecule has 0 fully saturated rings. The van der Waals surface area contributed by atoms with Crippen molar-refractivity contribution >= 4 is 74.2 Å². The molecule has 0 aliphatic rings. The summed E-state index contributed by atoms with van der Waals surface area (Å²) < 4.78 is 0. The number of rotatable bonds is 12. The normalized spacial score (nSPS) is 11.7. The van der Waals surface area contributed by atoms with Crippen LogP contribution >= 0.6 is 23.1 Å². The summed E-state index contributed by atoms with van der Waals surface area (Å²) in [4.78, 5) is 57.4. The van der Waals surface area contributed by atoms with E-state index in [1.807, 2.05) is 72.1 Å². The van der Waals surface area contributed by atoms with Crippen LogP contribution in [-0.4, -0.2) is 27.6 Å². The van der Waals surface area contributed by atoms with E-state index in [1.54, 1.807) is 54.6 Å². The third-order valence-electron chi connectivity index (χ3n) is 8.43. The fraction of sp³-hybridized carbons (Fsp3) is 0.0233. The van der Waals surface area contributed by atoms with Crippen LogP contribution in [0.3, 0.4) is 0 Å². The van der Waals surface area contributed by atoms with Gasteiger partial charge >= 0.3 is 0 Å². The van der Waals surface area contributed by atoms with Gasteiger partial charge in [-0.25, -0.2) is 4.98 Å². The summed E-state index contributed by atoms with van der Waals surface area (Å²) in [6, 6.07) is 44.8. The SMILES string of the molecule is O=C(Nc1cccc(SC(C(=O)Nc2nc(-c3ccc4ccccc4c3)cs2)c2ccccc2)c1)/C(=C\c1ccccc1[N+](=O)[O-])NC(=O)c1ccccc1. The Labute approximate surface area is 324 Å². The van der Waals surface area contributed by atoms with Crippen molar-refractivity contribution < 1.29 is 19.3 Å². The van der Waals surface area contributed by atoms with E-state index in [0.717, 1.165) is 27.6 Å². The maximum Gasteiger partial charge on any atom is 0.276 e. The molecular formula is C43H31N5O5S2. The Morgan fingerprint density at radius 3 is 2.24 bits per heavy atom. The molecule has 1 heterocycles. The number of nitro benzene ring substituents is 1. The van der Waals surface area contributed by atoms with Gasteiger partial charge in [0.2, 0.25) is 5.91 Å². The summed E-state index contributed by atoms with van der Waals surface area (Å²) in [5.41, 5.74) is 2.86. The average Bonchev–Trinajstić information content (AvgIpc) is 3.68. The Morgan fingerprint density at radius 1 is 0.745 bits per heavy atom. The van der Waals surface area contributed by atoms with Crippen LogP contribution in [0.4, 0.5) is 16.5 Å². The monoisotopic (exact) mass is 761 g/mol. The van der Waals surface area contributed by atoms with Gasteiger partial charge in [0.05, 0.1) is 16.2 Å². The zero-order valence-electron chi connectivity index (χ0n) is 28.9. The van der Waals surface area contributed by atoms with Gasteiger partial charge in [0.25, 0.3) is 17.5 Å². The van der Waals surface area contributed by atoms with E-state index in [4.69, 9.17) is 4.98 Å². The molecule has 270 valence electrons. The van der Waals surface area contributed by atoms with Crippen molar-refractivity contribution in [2.24, 2.45) is 0 Å². The highest BCUT2D eigenvalue weighted by atomic mass is 32.2. The predicted octanol–water partition coefficient (Wildman–Crippen LogP) is 9.75. The third-order valence-corrected chi connectivity index (χ3v) is 10.4. The molecule has 0 aliphatic heterocycles. The lowest BCUT2D eigenvalue weighted by Crippen LogP contribution is -2.30. The number of para-hydroxylation sites is 1. The highest BCUT2D eigenvalue weighted by Crippen LogP contribution is 2.38. The quantitative estimate of drug-likeness (QED) is 0.0487. The lowest BCUT2D eigenvalue weighted by Gasteiger charge is -2.17. The van der Waals surface area contributed by atoms with E-state index in [-0.39, 0.29) is 22.9 Å². The van der Waals surface area contributed by atoms with E-state index in [1.165, 1.54) is 47.4 Å². The first kappa shape index (κ1) is 36.5. The number of hydrogen-bond acceptors (Lipinski definition) is 8. The van der Waals surface area contributed by atoms with Crippen molar-refractivity contribution in [2.45, 2.75) is 10.1 Å². The first-order valence-corrected chi connectivity index (χ1v) is 18.8. The van der Waals surface area contributed by atoms with Gasteiger partial charge < -0.3 is 16.0 Å². The van der Waals surface area contributed by atoms with Gasteiger partial charge in [0, 0.05) is 33.2 Å². The van der Waals surface area contributed by atoms with E-state index >= 15 is 0 Å². The number of thioether (sulfide) groups is 1. The van der Waals surface area contributed by atoms with E-state index < -0.39 is 22.0 Å². The average molecular weight is 762 g/mol. The minimum Gasteiger partial charge on any atom is -0.321 e. The Morgan fingerprint density at radius 2 is 1.45 bits per heavy atom. The van der Waals surface area contributed by atoms with Gasteiger partial charge in [-0.3, -0.25) is 24.5 Å². The molecular weight excluding hydrogens is 731 g/mol. The molecule has 1 atom stereocenters. The van der Waals surface area contributed by atoms with Crippen LogP contribution < -0.4 is 16.0 Å². The summed E-state index contributed by atoms with van der Waals surface area (Å²) in [5, 5.41) is 24.1. The first-order valence-electron chi connectivity index (χ1n) is 17.0. The van der Waals surface area contributed by atoms with Gasteiger partial charge in [-0.05, 0) is 64.9 Å². The fourth-order valence-corrected chi connectivity index (χ4v) is 7.55. The van der Waals surface area contributed by atoms with Crippen molar-refractivity contribution in [2.75, 3.05) is 10.6 Å². The number of nitrogens with one attached hydrogen (secondary N) is 3. The number of carbonyl (C=O) groups excluding carboxylic acids is 3. The Bertz CT molecular complexity index is 2560. The Balaban J connectivity index is 1.11. The van der Waals surface area contributed by atoms with E-state index in [0.29, 0.717) is 21.3 Å². The number of fused-ring (bicyclic) bond motifs is 1. The maximum absolute atomic E-state index is 13.9. The number of carbonyl (C=O) groups is 3. The van der Waals surface area contributed by atoms with E-state index in [9.17, 15) is 24.5 Å². The molecule has 0 bridgehead atoms. The lowest BCUT2D eigenvalue weighted by molar-refractivity contribution is -0.385. The molecule has 6 aromatic carbocycles. The number of hydrogen-bond donors (Lipinski definition) is 3. The molecule has 7 rings (SSSR count). The maximum atomic E-state index is 13.9. The standard InChI is InChI=1S/C43H31N5O5S2/c49-40(30-15-5-2-6-16-30)45-36(25-33-18-9-10-21-38(33)48(52)53)41(50)44-34-19-11-20-35(26-34)55-39(29-13-3-1-4-14-29)42(51)47-43-46-37(27-54-43)32-23-22-28-12-7-8-17-31(28)24-32/h1-27,39H,(H,44,50)(H,45,49)(H,46,47,51)/b36-25+. The molecule has 0 saturated heterocycles. The van der Waals surface area contributed by atoms with Crippen LogP contribution in [0.15, 0.2) is 168 Å². The van der Waals surface area contributed by atoms with Crippen LogP contribution in [0.2, 0.25) is 0 Å². The second-order valence-electron chi connectivity index (χ2n) is 12.2. The largest absolute Gasteiger partial charge is 0.321 e. The number of anilines is 2. The molecule has 1 aromatic heterocycles. The molecule has 10 nitrogen and oxygen atoms in total. The van der Waals surface area contributed by atoms with Gasteiger partial charge in [-0.15, -0.1) is 23.1 Å². The molecule has 3 N–H and O–H groups in total. The van der Waals surface area contributed by atoms with E-state index in [2.05, 4.69) is 28.1 Å². The summed E-state index contributed by atoms with van der Waals surface area (Å²) >= 11 is 2.64. The van der Waals surface area contributed by atoms with Gasteiger partial charge in [0.15, 0.2) is 5.13 Å². The number of benzene rings is 6. The first-order chi connectivity index (χ1) is 26.8. The summed E-state index contributed by atoms with van der Waals surface area (Å²) in [7, 11) is 0. The van der Waals surface area contributed by atoms with Crippen LogP contribution in [0.5, 0.6) is 0 Å². The molecule has 55 heavy (non-hydrogen) atoms. The zero-order chi connectivity index (χ0) is 38.1. The van der Waals surface area contributed by atoms with Gasteiger partial charge in [0.1, 0.15) is 10.9 Å². The van der Waals surface area contributed by atoms with Crippen molar-refractivity contribution in [3.63, 3.8) is 0 Å². The smallest absolute Gasteiger partial charge is 0.276 e. The van der Waals surface area contributed by atoms with Crippen molar-refractivity contribution in [3.05, 3.63) is 190 Å². The Hall–Kier alpha value is -6.89. The summed E-state index contributed by atoms with van der Waals surface area (Å²) in [5.74, 6) is -1.54. The highest BCUT2D eigenvalue weighted by Gasteiger charge is 2.24. The summed E-state index contributed by atoms with van der Waals surface area (Å²) in [6.45, 7) is 0. The molecule has 12 heteroatoms. The molecule has 7 aromatic rings. The van der Waals surface area contributed by atoms with Crippen molar-refractivity contribution in [1.82, 2.24) is 10.3 Å². The second-order valence-corrected chi connectivity index (χ2v) is 14.2. The van der Waals surface area contributed by atoms with Crippen molar-refractivity contribution in [1.29, 1.82) is 0 Å². The number of nitro groups is 1. The van der Waals surface area contributed by atoms with Crippen molar-refractivity contribution in [3.8, 4) is 11.3 Å². The summed E-state index contributed by atoms with van der Waals surface area (Å²) in [6.07, 6.45) is 1.27. The van der Waals surface area contributed by atoms with Gasteiger partial charge in [-0.1, -0.05) is 103 Å². The minimum absolute atomic E-state index is 0.136. The number of amides is 3. The number of nitrogens with zero attached hydrogens (tertiary/aromatic N) is 2. The fourth-order valence-electron chi connectivity index (χ4n) is 5.74. The third kappa shape index (κ3) is 9.02. The van der Waals surface area contributed by atoms with Crippen LogP contribution in [-0.2, 0) is 9.59 Å². The number of thiazole rings is 1. The molecule has 0 spiro atoms. The highest BCUT2D eigenvalue weighted by molar-refractivity contribution is 8.00. The second kappa shape index (κ2) is 16.8. The zero-order valence-corrected chi connectivity index (χ0v) is 30.6. The van der Waals surface area contributed by atoms with Gasteiger partial charge in [-0.2, -0.15) is 0 Å². The number of aromatic nitrogens is 1.